The summed E-state index contributed by atoms with van der Waals surface area (Å²) < 4.78 is 5.03. The van der Waals surface area contributed by atoms with Crippen LogP contribution in [0.5, 0.6) is 5.88 Å². The minimum Gasteiger partial charge on any atom is -0.479 e. The summed E-state index contributed by atoms with van der Waals surface area (Å²) >= 11 is 0. The van der Waals surface area contributed by atoms with Crippen LogP contribution >= 0.6 is 0 Å². The van der Waals surface area contributed by atoms with Crippen molar-refractivity contribution in [3.8, 4) is 5.88 Å². The lowest BCUT2D eigenvalue weighted by Crippen LogP contribution is -2.43. The van der Waals surface area contributed by atoms with E-state index in [9.17, 15) is 4.79 Å². The highest BCUT2D eigenvalue weighted by molar-refractivity contribution is 5.77. The van der Waals surface area contributed by atoms with Gasteiger partial charge in [-0.05, 0) is 6.42 Å². The number of carbonyl (C=O) groups excluding carboxylic acids is 1. The van der Waals surface area contributed by atoms with E-state index in [1.54, 1.807) is 11.9 Å². The number of methoxy groups -OCH3 is 1. The molecule has 7 heteroatoms. The summed E-state index contributed by atoms with van der Waals surface area (Å²) in [6, 6.07) is 0.148. The lowest BCUT2D eigenvalue weighted by molar-refractivity contribution is -0.132. The monoisotopic (exact) mass is 251 g/mol. The molecule has 0 radical (unpaired) electrons. The highest BCUT2D eigenvalue weighted by atomic mass is 16.5. The summed E-state index contributed by atoms with van der Waals surface area (Å²) in [5.41, 5.74) is 6.27. The molecule has 18 heavy (non-hydrogen) atoms. The van der Waals surface area contributed by atoms with Gasteiger partial charge in [-0.15, -0.1) is 0 Å². The second kappa shape index (κ2) is 5.07. The Morgan fingerprint density at radius 3 is 3.00 bits per heavy atom. The Balaban J connectivity index is 2.08. The molecule has 1 unspecified atom stereocenters. The van der Waals surface area contributed by atoms with Gasteiger partial charge in [-0.1, -0.05) is 0 Å². The molecular formula is C11H17N5O2. The molecule has 0 spiro atoms. The molecule has 1 atom stereocenters. The number of nitrogens with two attached hydrogens (primary N) is 1. The van der Waals surface area contributed by atoms with Crippen molar-refractivity contribution in [2.24, 2.45) is 0 Å². The van der Waals surface area contributed by atoms with Crippen LogP contribution in [0.2, 0.25) is 0 Å². The van der Waals surface area contributed by atoms with Gasteiger partial charge in [0.15, 0.2) is 5.82 Å². The van der Waals surface area contributed by atoms with Crippen molar-refractivity contribution in [1.82, 2.24) is 14.9 Å². The number of piperidine rings is 1. The van der Waals surface area contributed by atoms with E-state index in [2.05, 4.69) is 15.3 Å². The average molecular weight is 251 g/mol. The minimum atomic E-state index is 0.148. The Hall–Kier alpha value is -2.05. The molecular weight excluding hydrogens is 234 g/mol. The highest BCUT2D eigenvalue weighted by Crippen LogP contribution is 2.25. The molecule has 7 nitrogen and oxygen atoms in total. The van der Waals surface area contributed by atoms with E-state index in [1.165, 1.54) is 13.4 Å². The molecule has 0 saturated carbocycles. The van der Waals surface area contributed by atoms with E-state index in [0.29, 0.717) is 30.4 Å². The molecule has 1 aromatic rings. The number of ether oxygens (including phenoxy) is 1. The van der Waals surface area contributed by atoms with Gasteiger partial charge in [0, 0.05) is 26.1 Å². The first-order valence-corrected chi connectivity index (χ1v) is 5.76. The SMILES string of the molecule is COc1ncnc(NC2CCC(=O)N(C)C2)c1N. The van der Waals surface area contributed by atoms with E-state index < -0.39 is 0 Å². The maximum absolute atomic E-state index is 11.4. The third kappa shape index (κ3) is 2.44. The lowest BCUT2D eigenvalue weighted by Gasteiger charge is -2.30. The first-order chi connectivity index (χ1) is 8.61. The Morgan fingerprint density at radius 1 is 1.56 bits per heavy atom. The van der Waals surface area contributed by atoms with E-state index >= 15 is 0 Å². The Labute approximate surface area is 105 Å². The highest BCUT2D eigenvalue weighted by Gasteiger charge is 2.23. The third-order valence-corrected chi connectivity index (χ3v) is 3.01. The van der Waals surface area contributed by atoms with Crippen molar-refractivity contribution < 1.29 is 9.53 Å². The Bertz CT molecular complexity index is 451. The van der Waals surface area contributed by atoms with E-state index in [0.717, 1.165) is 6.42 Å². The molecule has 3 N–H and O–H groups in total. The maximum atomic E-state index is 11.4. The van der Waals surface area contributed by atoms with Crippen molar-refractivity contribution in [2.45, 2.75) is 18.9 Å². The Kier molecular flexibility index (Phi) is 3.50. The van der Waals surface area contributed by atoms with Gasteiger partial charge in [0.2, 0.25) is 11.8 Å². The first-order valence-electron chi connectivity index (χ1n) is 5.76. The number of likely N-dealkylation sites (N-methyl/N-ethyl adjacent to an activating group) is 1. The summed E-state index contributed by atoms with van der Waals surface area (Å²) in [5.74, 6) is 1.07. The number of rotatable bonds is 3. The van der Waals surface area contributed by atoms with Crippen molar-refractivity contribution in [3.63, 3.8) is 0 Å². The number of anilines is 2. The normalized spacial score (nSPS) is 19.8. The fourth-order valence-corrected chi connectivity index (χ4v) is 1.98. The van der Waals surface area contributed by atoms with Gasteiger partial charge in [0.05, 0.1) is 7.11 Å². The molecule has 1 amide bonds. The maximum Gasteiger partial charge on any atom is 0.242 e. The summed E-state index contributed by atoms with van der Waals surface area (Å²) in [6.07, 6.45) is 2.71. The number of aromatic nitrogens is 2. The number of nitrogens with zero attached hydrogens (tertiary/aromatic N) is 3. The van der Waals surface area contributed by atoms with Gasteiger partial charge in [-0.25, -0.2) is 4.98 Å². The molecule has 2 heterocycles. The van der Waals surface area contributed by atoms with Crippen LogP contribution in [0.3, 0.4) is 0 Å². The number of hydrogen-bond donors (Lipinski definition) is 2. The van der Waals surface area contributed by atoms with Crippen LogP contribution in [0.25, 0.3) is 0 Å². The lowest BCUT2D eigenvalue weighted by atomic mass is 10.1. The topological polar surface area (TPSA) is 93.4 Å². The van der Waals surface area contributed by atoms with Crippen molar-refractivity contribution >= 4 is 17.4 Å². The van der Waals surface area contributed by atoms with Crippen LogP contribution < -0.4 is 15.8 Å². The van der Waals surface area contributed by atoms with Gasteiger partial charge in [0.1, 0.15) is 12.0 Å². The fourth-order valence-electron chi connectivity index (χ4n) is 1.98. The van der Waals surface area contributed by atoms with Crippen LogP contribution in [0.1, 0.15) is 12.8 Å². The van der Waals surface area contributed by atoms with Gasteiger partial charge < -0.3 is 20.7 Å². The third-order valence-electron chi connectivity index (χ3n) is 3.01. The number of nitrogen functional groups attached to an aromatic ring is 1. The molecule has 0 aliphatic carbocycles. The predicted octanol–water partition coefficient (Wildman–Crippen LogP) is 0.100. The van der Waals surface area contributed by atoms with Crippen molar-refractivity contribution in [1.29, 1.82) is 0 Å². The van der Waals surface area contributed by atoms with Gasteiger partial charge >= 0.3 is 0 Å². The fraction of sp³-hybridized carbons (Fsp3) is 0.545. The second-order valence-corrected chi connectivity index (χ2v) is 4.30. The van der Waals surface area contributed by atoms with Gasteiger partial charge in [0.25, 0.3) is 0 Å². The van der Waals surface area contributed by atoms with E-state index in [1.807, 2.05) is 0 Å². The number of amides is 1. The molecule has 0 aromatic carbocycles. The number of hydrogen-bond acceptors (Lipinski definition) is 6. The van der Waals surface area contributed by atoms with Gasteiger partial charge in [-0.3, -0.25) is 4.79 Å². The number of carbonyl (C=O) groups is 1. The quantitative estimate of drug-likeness (QED) is 0.791. The zero-order valence-corrected chi connectivity index (χ0v) is 10.5. The summed E-state index contributed by atoms with van der Waals surface area (Å²) in [5, 5.41) is 3.22. The molecule has 1 fully saturated rings. The van der Waals surface area contributed by atoms with E-state index in [4.69, 9.17) is 10.5 Å². The average Bonchev–Trinajstić information content (AvgIpc) is 2.36. The van der Waals surface area contributed by atoms with Crippen LogP contribution in [0.4, 0.5) is 11.5 Å². The molecule has 1 saturated heterocycles. The van der Waals surface area contributed by atoms with Crippen molar-refractivity contribution in [3.05, 3.63) is 6.33 Å². The molecule has 0 bridgehead atoms. The summed E-state index contributed by atoms with van der Waals surface area (Å²) in [6.45, 7) is 0.643. The molecule has 1 aromatic heterocycles. The largest absolute Gasteiger partial charge is 0.479 e. The summed E-state index contributed by atoms with van der Waals surface area (Å²) in [4.78, 5) is 21.1. The number of likely N-dealkylation sites (tertiary alicyclic amines) is 1. The minimum absolute atomic E-state index is 0.148. The van der Waals surface area contributed by atoms with Crippen LogP contribution in [-0.4, -0.2) is 47.5 Å². The van der Waals surface area contributed by atoms with Crippen LogP contribution in [0.15, 0.2) is 6.33 Å². The first kappa shape index (κ1) is 12.4. The van der Waals surface area contributed by atoms with Gasteiger partial charge in [-0.2, -0.15) is 4.98 Å². The van der Waals surface area contributed by atoms with Crippen LogP contribution in [0, 0.1) is 0 Å². The molecule has 1 aliphatic heterocycles. The predicted molar refractivity (Wildman–Crippen MR) is 67.3 cm³/mol. The molecule has 1 aliphatic rings. The zero-order valence-electron chi connectivity index (χ0n) is 10.5. The standard InChI is InChI=1S/C11H17N5O2/c1-16-5-7(3-4-8(16)17)15-10-9(12)11(18-2)14-6-13-10/h6-7H,3-5,12H2,1-2H3,(H,13,14,15). The Morgan fingerprint density at radius 2 is 2.33 bits per heavy atom. The van der Waals surface area contributed by atoms with Crippen LogP contribution in [-0.2, 0) is 4.79 Å². The smallest absolute Gasteiger partial charge is 0.242 e. The second-order valence-electron chi connectivity index (χ2n) is 4.30. The van der Waals surface area contributed by atoms with E-state index in [-0.39, 0.29) is 11.9 Å². The molecule has 2 rings (SSSR count). The molecule has 98 valence electrons. The zero-order chi connectivity index (χ0) is 13.1. The number of nitrogens with one attached hydrogen (secondary N) is 1. The van der Waals surface area contributed by atoms with Crippen molar-refractivity contribution in [2.75, 3.05) is 31.8 Å². The summed E-state index contributed by atoms with van der Waals surface area (Å²) in [7, 11) is 3.30.